The molecular weight excluding hydrogens is 236 g/mol. The summed E-state index contributed by atoms with van der Waals surface area (Å²) >= 11 is 0. The van der Waals surface area contributed by atoms with E-state index >= 15 is 0 Å². The molecule has 1 aromatic rings. The fourth-order valence-corrected chi connectivity index (χ4v) is 3.41. The van der Waals surface area contributed by atoms with Crippen molar-refractivity contribution >= 4 is 0 Å². The van der Waals surface area contributed by atoms with E-state index in [2.05, 4.69) is 29.2 Å². The highest BCUT2D eigenvalue weighted by Crippen LogP contribution is 2.30. The second-order valence-corrected chi connectivity index (χ2v) is 5.73. The summed E-state index contributed by atoms with van der Waals surface area (Å²) < 4.78 is 5.87. The molecule has 2 fully saturated rings. The van der Waals surface area contributed by atoms with Gasteiger partial charge in [-0.05, 0) is 43.4 Å². The molecule has 0 bridgehead atoms. The van der Waals surface area contributed by atoms with Gasteiger partial charge < -0.3 is 10.5 Å². The van der Waals surface area contributed by atoms with Crippen LogP contribution in [-0.4, -0.2) is 36.7 Å². The molecule has 104 valence electrons. The lowest BCUT2D eigenvalue weighted by molar-refractivity contribution is -0.0588. The fourth-order valence-electron chi connectivity index (χ4n) is 3.41. The molecule has 1 aliphatic carbocycles. The zero-order chi connectivity index (χ0) is 13.1. The number of nitrogens with zero attached hydrogens (tertiary/aromatic N) is 1. The summed E-state index contributed by atoms with van der Waals surface area (Å²) in [5.74, 6) is 0. The highest BCUT2D eigenvalue weighted by molar-refractivity contribution is 5.23. The maximum atomic E-state index is 5.87. The molecule has 3 nitrogen and oxygen atoms in total. The molecule has 0 aromatic heterocycles. The average Bonchev–Trinajstić information content (AvgIpc) is 2.91. The van der Waals surface area contributed by atoms with Gasteiger partial charge >= 0.3 is 0 Å². The minimum absolute atomic E-state index is 0.491. The lowest BCUT2D eigenvalue weighted by Gasteiger charge is -2.37. The van der Waals surface area contributed by atoms with Gasteiger partial charge in [-0.25, -0.2) is 0 Å². The molecule has 2 atom stereocenters. The topological polar surface area (TPSA) is 38.5 Å². The summed E-state index contributed by atoms with van der Waals surface area (Å²) in [6.07, 6.45) is 5.33. The first-order valence-corrected chi connectivity index (χ1v) is 7.50. The van der Waals surface area contributed by atoms with Gasteiger partial charge in [0, 0.05) is 19.1 Å². The van der Waals surface area contributed by atoms with Crippen molar-refractivity contribution in [1.82, 2.24) is 4.90 Å². The molecule has 0 spiro atoms. The molecular formula is C16H24N2O. The Kier molecular flexibility index (Phi) is 4.16. The molecule has 2 N–H and O–H groups in total. The molecule has 19 heavy (non-hydrogen) atoms. The minimum Gasteiger partial charge on any atom is -0.375 e. The number of nitrogens with two attached hydrogens (primary N) is 1. The molecule has 0 amide bonds. The number of hydrogen-bond acceptors (Lipinski definition) is 3. The van der Waals surface area contributed by atoms with Gasteiger partial charge in [0.2, 0.25) is 0 Å². The van der Waals surface area contributed by atoms with Crippen LogP contribution in [0.2, 0.25) is 0 Å². The van der Waals surface area contributed by atoms with Crippen LogP contribution >= 0.6 is 0 Å². The Morgan fingerprint density at radius 1 is 1.16 bits per heavy atom. The largest absolute Gasteiger partial charge is 0.375 e. The number of hydrogen-bond donors (Lipinski definition) is 1. The maximum Gasteiger partial charge on any atom is 0.0731 e. The van der Waals surface area contributed by atoms with E-state index in [0.717, 1.165) is 32.7 Å². The van der Waals surface area contributed by atoms with E-state index in [0.29, 0.717) is 12.1 Å². The summed E-state index contributed by atoms with van der Waals surface area (Å²) in [6, 6.07) is 9.59. The van der Waals surface area contributed by atoms with Crippen molar-refractivity contribution in [1.29, 1.82) is 0 Å². The van der Waals surface area contributed by atoms with E-state index in [4.69, 9.17) is 10.5 Å². The van der Waals surface area contributed by atoms with Crippen molar-refractivity contribution in [2.45, 2.75) is 44.4 Å². The standard InChI is InChI=1S/C16H24N2O/c17-9-8-13-4-6-14(7-5-13)12-18-10-11-19-16-3-1-2-15(16)18/h4-7,15-16H,1-3,8-12,17H2. The van der Waals surface area contributed by atoms with E-state index in [-0.39, 0.29) is 0 Å². The third-order valence-corrected chi connectivity index (χ3v) is 4.44. The van der Waals surface area contributed by atoms with E-state index in [1.807, 2.05) is 0 Å². The van der Waals surface area contributed by atoms with Gasteiger partial charge in [0.1, 0.15) is 0 Å². The van der Waals surface area contributed by atoms with E-state index in [1.54, 1.807) is 0 Å². The third kappa shape index (κ3) is 2.99. The smallest absolute Gasteiger partial charge is 0.0731 e. The lowest BCUT2D eigenvalue weighted by atomic mass is 10.1. The van der Waals surface area contributed by atoms with Crippen LogP contribution in [-0.2, 0) is 17.7 Å². The third-order valence-electron chi connectivity index (χ3n) is 4.44. The Morgan fingerprint density at radius 2 is 1.95 bits per heavy atom. The number of morpholine rings is 1. The minimum atomic E-state index is 0.491. The number of benzene rings is 1. The van der Waals surface area contributed by atoms with Crippen LogP contribution < -0.4 is 5.73 Å². The molecule has 3 rings (SSSR count). The summed E-state index contributed by atoms with van der Waals surface area (Å²) in [5, 5.41) is 0. The van der Waals surface area contributed by atoms with Gasteiger partial charge in [-0.1, -0.05) is 24.3 Å². The Balaban J connectivity index is 1.63. The fraction of sp³-hybridized carbons (Fsp3) is 0.625. The van der Waals surface area contributed by atoms with E-state index in [9.17, 15) is 0 Å². The predicted molar refractivity (Wildman–Crippen MR) is 77.0 cm³/mol. The number of ether oxygens (including phenoxy) is 1. The van der Waals surface area contributed by atoms with Crippen LogP contribution in [0.25, 0.3) is 0 Å². The Bertz CT molecular complexity index is 404. The molecule has 1 heterocycles. The van der Waals surface area contributed by atoms with Gasteiger partial charge in [0.05, 0.1) is 12.7 Å². The molecule has 1 aromatic carbocycles. The highest BCUT2D eigenvalue weighted by Gasteiger charge is 2.35. The second kappa shape index (κ2) is 6.04. The van der Waals surface area contributed by atoms with Crippen molar-refractivity contribution in [2.75, 3.05) is 19.7 Å². The average molecular weight is 260 g/mol. The van der Waals surface area contributed by atoms with Crippen molar-refractivity contribution in [3.8, 4) is 0 Å². The Labute approximate surface area is 115 Å². The molecule has 1 aliphatic heterocycles. The second-order valence-electron chi connectivity index (χ2n) is 5.73. The summed E-state index contributed by atoms with van der Waals surface area (Å²) in [6.45, 7) is 3.76. The molecule has 3 heteroatoms. The highest BCUT2D eigenvalue weighted by atomic mass is 16.5. The maximum absolute atomic E-state index is 5.87. The molecule has 1 saturated carbocycles. The number of fused-ring (bicyclic) bond motifs is 1. The van der Waals surface area contributed by atoms with Crippen LogP contribution in [0, 0.1) is 0 Å². The van der Waals surface area contributed by atoms with Gasteiger partial charge in [-0.3, -0.25) is 4.90 Å². The van der Waals surface area contributed by atoms with Crippen LogP contribution in [0.5, 0.6) is 0 Å². The zero-order valence-electron chi connectivity index (χ0n) is 11.6. The van der Waals surface area contributed by atoms with Crippen LogP contribution in [0.15, 0.2) is 24.3 Å². The Morgan fingerprint density at radius 3 is 2.74 bits per heavy atom. The quantitative estimate of drug-likeness (QED) is 0.899. The van der Waals surface area contributed by atoms with Crippen LogP contribution in [0.3, 0.4) is 0 Å². The SMILES string of the molecule is NCCc1ccc(CN2CCOC3CCCC32)cc1. The first kappa shape index (κ1) is 13.1. The normalized spacial score (nSPS) is 27.4. The van der Waals surface area contributed by atoms with Crippen LogP contribution in [0.4, 0.5) is 0 Å². The molecule has 1 saturated heterocycles. The van der Waals surface area contributed by atoms with Crippen LogP contribution in [0.1, 0.15) is 30.4 Å². The summed E-state index contributed by atoms with van der Waals surface area (Å²) in [4.78, 5) is 2.61. The first-order chi connectivity index (χ1) is 9.36. The summed E-state index contributed by atoms with van der Waals surface area (Å²) in [7, 11) is 0. The molecule has 2 unspecified atom stereocenters. The van der Waals surface area contributed by atoms with Crippen molar-refractivity contribution < 1.29 is 4.74 Å². The molecule has 2 aliphatic rings. The van der Waals surface area contributed by atoms with Crippen molar-refractivity contribution in [3.63, 3.8) is 0 Å². The zero-order valence-corrected chi connectivity index (χ0v) is 11.6. The van der Waals surface area contributed by atoms with Crippen molar-refractivity contribution in [2.24, 2.45) is 5.73 Å². The van der Waals surface area contributed by atoms with E-state index in [1.165, 1.54) is 30.4 Å². The summed E-state index contributed by atoms with van der Waals surface area (Å²) in [5.41, 5.74) is 8.33. The van der Waals surface area contributed by atoms with E-state index < -0.39 is 0 Å². The van der Waals surface area contributed by atoms with Crippen molar-refractivity contribution in [3.05, 3.63) is 35.4 Å². The predicted octanol–water partition coefficient (Wildman–Crippen LogP) is 1.94. The van der Waals surface area contributed by atoms with Gasteiger partial charge in [-0.15, -0.1) is 0 Å². The van der Waals surface area contributed by atoms with Gasteiger partial charge in [0.15, 0.2) is 0 Å². The monoisotopic (exact) mass is 260 g/mol. The first-order valence-electron chi connectivity index (χ1n) is 7.50. The molecule has 0 radical (unpaired) electrons. The Hall–Kier alpha value is -0.900. The lowest BCUT2D eigenvalue weighted by Crippen LogP contribution is -2.47. The number of rotatable bonds is 4. The van der Waals surface area contributed by atoms with Gasteiger partial charge in [0.25, 0.3) is 0 Å². The van der Waals surface area contributed by atoms with Gasteiger partial charge in [-0.2, -0.15) is 0 Å².